The number of nitrogens with one attached hydrogen (secondary N) is 1. The molecule has 0 atom stereocenters. The highest BCUT2D eigenvalue weighted by Gasteiger charge is 2.18. The number of allylic oxidation sites excluding steroid dienone is 1. The van der Waals surface area contributed by atoms with Crippen LogP contribution in [0.25, 0.3) is 27.7 Å². The van der Waals surface area contributed by atoms with E-state index in [1.54, 1.807) is 26.6 Å². The van der Waals surface area contributed by atoms with Crippen molar-refractivity contribution in [3.05, 3.63) is 54.3 Å². The predicted octanol–water partition coefficient (Wildman–Crippen LogP) is 5.97. The summed E-state index contributed by atoms with van der Waals surface area (Å²) in [5.41, 5.74) is 4.33. The Morgan fingerprint density at radius 2 is 1.77 bits per heavy atom. The van der Waals surface area contributed by atoms with Gasteiger partial charge in [0.15, 0.2) is 0 Å². The number of rotatable bonds is 6. The van der Waals surface area contributed by atoms with E-state index in [4.69, 9.17) is 13.9 Å². The Kier molecular flexibility index (Phi) is 6.31. The lowest BCUT2D eigenvalue weighted by Gasteiger charge is -2.22. The van der Waals surface area contributed by atoms with Crippen LogP contribution in [0.5, 0.6) is 11.5 Å². The number of carbonyl (C=O) groups excluding carboxylic acids is 1. The summed E-state index contributed by atoms with van der Waals surface area (Å²) in [5, 5.41) is 4.10. The monoisotopic (exact) mass is 419 g/mol. The molecule has 1 aromatic heterocycles. The molecule has 1 heterocycles. The normalized spacial score (nSPS) is 15.1. The summed E-state index contributed by atoms with van der Waals surface area (Å²) in [6, 6.07) is 12.0. The maximum Gasteiger partial charge on any atom is 0.244 e. The summed E-state index contributed by atoms with van der Waals surface area (Å²) in [7, 11) is 3.29. The van der Waals surface area contributed by atoms with Gasteiger partial charge < -0.3 is 19.2 Å². The first kappa shape index (κ1) is 21.0. The third-order valence-electron chi connectivity index (χ3n) is 6.02. The van der Waals surface area contributed by atoms with Gasteiger partial charge >= 0.3 is 0 Å². The first-order valence-corrected chi connectivity index (χ1v) is 10.8. The van der Waals surface area contributed by atoms with Crippen LogP contribution < -0.4 is 14.8 Å². The fourth-order valence-corrected chi connectivity index (χ4v) is 4.37. The zero-order valence-corrected chi connectivity index (χ0v) is 18.4. The molecular formula is C26H29NO4. The van der Waals surface area contributed by atoms with E-state index in [1.807, 2.05) is 43.3 Å². The summed E-state index contributed by atoms with van der Waals surface area (Å²) in [6.45, 7) is 1.94. The molecule has 5 nitrogen and oxygen atoms in total. The number of hydrogen-bond acceptors (Lipinski definition) is 4. The van der Waals surface area contributed by atoms with Crippen molar-refractivity contribution in [2.75, 3.05) is 14.2 Å². The van der Waals surface area contributed by atoms with Gasteiger partial charge in [0, 0.05) is 40.3 Å². The van der Waals surface area contributed by atoms with Gasteiger partial charge in [-0.3, -0.25) is 4.79 Å². The highest BCUT2D eigenvalue weighted by molar-refractivity contribution is 6.01. The minimum atomic E-state index is -0.0521. The van der Waals surface area contributed by atoms with Gasteiger partial charge in [0.2, 0.25) is 5.91 Å². The molecular weight excluding hydrogens is 390 g/mol. The van der Waals surface area contributed by atoms with Gasteiger partial charge in [-0.05, 0) is 37.5 Å². The Labute approximate surface area is 183 Å². The van der Waals surface area contributed by atoms with Gasteiger partial charge in [-0.15, -0.1) is 0 Å². The van der Waals surface area contributed by atoms with Crippen molar-refractivity contribution >= 4 is 22.4 Å². The zero-order valence-electron chi connectivity index (χ0n) is 18.4. The van der Waals surface area contributed by atoms with E-state index in [2.05, 4.69) is 5.32 Å². The molecule has 0 radical (unpaired) electrons. The van der Waals surface area contributed by atoms with Crippen LogP contribution in [0.2, 0.25) is 0 Å². The lowest BCUT2D eigenvalue weighted by atomic mass is 9.95. The number of benzene rings is 2. The van der Waals surface area contributed by atoms with Crippen LogP contribution >= 0.6 is 0 Å². The first-order chi connectivity index (χ1) is 15.1. The van der Waals surface area contributed by atoms with E-state index in [0.717, 1.165) is 51.8 Å². The second-order valence-corrected chi connectivity index (χ2v) is 8.07. The largest absolute Gasteiger partial charge is 0.496 e. The van der Waals surface area contributed by atoms with Crippen molar-refractivity contribution in [3.63, 3.8) is 0 Å². The van der Waals surface area contributed by atoms with Gasteiger partial charge in [0.25, 0.3) is 0 Å². The maximum absolute atomic E-state index is 12.6. The van der Waals surface area contributed by atoms with Gasteiger partial charge in [-0.25, -0.2) is 0 Å². The molecule has 1 aliphatic carbocycles. The van der Waals surface area contributed by atoms with Crippen molar-refractivity contribution in [1.29, 1.82) is 0 Å². The molecule has 3 aromatic rings. The summed E-state index contributed by atoms with van der Waals surface area (Å²) in [4.78, 5) is 12.6. The molecule has 2 aromatic carbocycles. The molecule has 1 fully saturated rings. The second kappa shape index (κ2) is 9.29. The maximum atomic E-state index is 12.6. The molecule has 1 amide bonds. The molecule has 0 spiro atoms. The molecule has 1 saturated carbocycles. The fraction of sp³-hybridized carbons (Fsp3) is 0.346. The molecule has 5 heteroatoms. The predicted molar refractivity (Wildman–Crippen MR) is 123 cm³/mol. The fourth-order valence-electron chi connectivity index (χ4n) is 4.37. The molecule has 1 N–H and O–H groups in total. The number of carbonyl (C=O) groups is 1. The third-order valence-corrected chi connectivity index (χ3v) is 6.02. The Morgan fingerprint density at radius 1 is 1.03 bits per heavy atom. The molecule has 1 aliphatic rings. The average molecular weight is 420 g/mol. The van der Waals surface area contributed by atoms with Crippen LogP contribution in [0.1, 0.15) is 44.6 Å². The highest BCUT2D eigenvalue weighted by Crippen LogP contribution is 2.40. The van der Waals surface area contributed by atoms with Gasteiger partial charge in [0.05, 0.1) is 20.5 Å². The number of fused-ring (bicyclic) bond motifs is 1. The van der Waals surface area contributed by atoms with Gasteiger partial charge in [-0.1, -0.05) is 37.5 Å². The summed E-state index contributed by atoms with van der Waals surface area (Å²) in [6.07, 6.45) is 9.16. The topological polar surface area (TPSA) is 60.7 Å². The smallest absolute Gasteiger partial charge is 0.244 e. The lowest BCUT2D eigenvalue weighted by Crippen LogP contribution is -2.35. The third kappa shape index (κ3) is 4.46. The molecule has 31 heavy (non-hydrogen) atoms. The number of methoxy groups -OCH3 is 2. The molecule has 0 aliphatic heterocycles. The Hall–Kier alpha value is -3.21. The highest BCUT2D eigenvalue weighted by atomic mass is 16.5. The first-order valence-electron chi connectivity index (χ1n) is 10.8. The van der Waals surface area contributed by atoms with Gasteiger partial charge in [0.1, 0.15) is 17.1 Å². The summed E-state index contributed by atoms with van der Waals surface area (Å²) < 4.78 is 17.0. The Bertz CT molecular complexity index is 1110. The zero-order chi connectivity index (χ0) is 21.8. The van der Waals surface area contributed by atoms with Crippen molar-refractivity contribution in [2.45, 2.75) is 45.1 Å². The second-order valence-electron chi connectivity index (χ2n) is 8.07. The van der Waals surface area contributed by atoms with E-state index in [9.17, 15) is 4.79 Å². The standard InChI is InChI=1S/C26H29NO4/c1-17(13-26(28)27-18-9-5-4-6-10-18)20-14-21-22(16-31-25(21)15-24(20)30-3)19-11-7-8-12-23(19)29-2/h7-8,11-16,18H,4-6,9-10H2,1-3H3,(H,27,28)/b17-13+. The molecule has 4 rings (SSSR count). The number of ether oxygens (including phenoxy) is 2. The minimum Gasteiger partial charge on any atom is -0.496 e. The summed E-state index contributed by atoms with van der Waals surface area (Å²) in [5.74, 6) is 1.40. The van der Waals surface area contributed by atoms with Crippen molar-refractivity contribution in [1.82, 2.24) is 5.32 Å². The van der Waals surface area contributed by atoms with Crippen molar-refractivity contribution < 1.29 is 18.7 Å². The average Bonchev–Trinajstić information content (AvgIpc) is 3.21. The SMILES string of the molecule is COc1cc2occ(-c3ccccc3OC)c2cc1/C(C)=C/C(=O)NC1CCCCC1. The Balaban J connectivity index is 1.70. The molecule has 0 unspecified atom stereocenters. The van der Waals surface area contributed by atoms with Gasteiger partial charge in [-0.2, -0.15) is 0 Å². The number of para-hydroxylation sites is 1. The van der Waals surface area contributed by atoms with E-state index in [-0.39, 0.29) is 11.9 Å². The number of amides is 1. The van der Waals surface area contributed by atoms with Crippen molar-refractivity contribution in [3.8, 4) is 22.6 Å². The van der Waals surface area contributed by atoms with E-state index >= 15 is 0 Å². The van der Waals surface area contributed by atoms with Crippen LogP contribution in [0.4, 0.5) is 0 Å². The van der Waals surface area contributed by atoms with E-state index in [0.29, 0.717) is 5.75 Å². The summed E-state index contributed by atoms with van der Waals surface area (Å²) >= 11 is 0. The van der Waals surface area contributed by atoms with E-state index in [1.165, 1.54) is 19.3 Å². The van der Waals surface area contributed by atoms with Crippen LogP contribution in [0, 0.1) is 0 Å². The van der Waals surface area contributed by atoms with Crippen LogP contribution in [-0.4, -0.2) is 26.2 Å². The molecule has 162 valence electrons. The minimum absolute atomic E-state index is 0.0521. The molecule has 0 saturated heterocycles. The van der Waals surface area contributed by atoms with Crippen LogP contribution in [-0.2, 0) is 4.79 Å². The van der Waals surface area contributed by atoms with Crippen LogP contribution in [0.3, 0.4) is 0 Å². The lowest BCUT2D eigenvalue weighted by molar-refractivity contribution is -0.117. The number of furan rings is 1. The Morgan fingerprint density at radius 3 is 2.52 bits per heavy atom. The van der Waals surface area contributed by atoms with E-state index < -0.39 is 0 Å². The van der Waals surface area contributed by atoms with Crippen molar-refractivity contribution in [2.24, 2.45) is 0 Å². The van der Waals surface area contributed by atoms with Crippen LogP contribution in [0.15, 0.2) is 53.2 Å². The quantitative estimate of drug-likeness (QED) is 0.500. The molecule has 0 bridgehead atoms. The number of hydrogen-bond donors (Lipinski definition) is 1.